The molecule has 7 heteroatoms. The van der Waals surface area contributed by atoms with E-state index in [-0.39, 0.29) is 18.3 Å². The Hall–Kier alpha value is -2.41. The minimum Gasteiger partial charge on any atom is -0.477 e. The number of carboxylic acids is 1. The van der Waals surface area contributed by atoms with Gasteiger partial charge in [-0.15, -0.1) is 0 Å². The zero-order valence-corrected chi connectivity index (χ0v) is 12.8. The number of carboxylic acid groups (broad SMARTS) is 1. The minimum absolute atomic E-state index is 0.00450. The molecule has 0 amide bonds. The fourth-order valence-corrected chi connectivity index (χ4v) is 2.37. The Morgan fingerprint density at radius 3 is 2.73 bits per heavy atom. The first-order valence-electron chi connectivity index (χ1n) is 7.11. The number of nitrogens with zero attached hydrogens (tertiary/aromatic N) is 2. The van der Waals surface area contributed by atoms with Crippen LogP contribution in [0.2, 0.25) is 0 Å². The van der Waals surface area contributed by atoms with Crippen LogP contribution < -0.4 is 5.32 Å². The molecule has 1 atom stereocenters. The van der Waals surface area contributed by atoms with Gasteiger partial charge in [0.2, 0.25) is 5.95 Å². The molecule has 0 aliphatic carbocycles. The lowest BCUT2D eigenvalue weighted by Gasteiger charge is -2.14. The third-order valence-corrected chi connectivity index (χ3v) is 3.61. The molecule has 0 aliphatic rings. The number of aromatic amines is 1. The van der Waals surface area contributed by atoms with Crippen molar-refractivity contribution in [3.63, 3.8) is 0 Å². The number of rotatable bonds is 6. The number of hydrogen-bond donors (Lipinski definition) is 4. The van der Waals surface area contributed by atoms with Crippen LogP contribution in [-0.4, -0.2) is 43.8 Å². The summed E-state index contributed by atoms with van der Waals surface area (Å²) >= 11 is 0. The summed E-state index contributed by atoms with van der Waals surface area (Å²) in [6.45, 7) is 5.51. The number of anilines is 1. The molecule has 2 aromatic rings. The van der Waals surface area contributed by atoms with E-state index in [1.807, 2.05) is 13.8 Å². The number of aryl methyl sites for hydroxylation is 1. The number of carbonyl (C=O) groups is 1. The Morgan fingerprint density at radius 1 is 1.45 bits per heavy atom. The highest BCUT2D eigenvalue weighted by Crippen LogP contribution is 2.28. The highest BCUT2D eigenvalue weighted by molar-refractivity contribution is 5.91. The molecule has 2 heterocycles. The molecule has 7 nitrogen and oxygen atoms in total. The second-order valence-corrected chi connectivity index (χ2v) is 5.13. The van der Waals surface area contributed by atoms with Crippen LogP contribution in [0.25, 0.3) is 11.3 Å². The third kappa shape index (κ3) is 3.09. The molecule has 2 aromatic heterocycles. The molecule has 0 aliphatic heterocycles. The van der Waals surface area contributed by atoms with E-state index in [1.54, 1.807) is 19.2 Å². The summed E-state index contributed by atoms with van der Waals surface area (Å²) in [5.41, 5.74) is 2.96. The number of aliphatic hydroxyl groups is 1. The average Bonchev–Trinajstić information content (AvgIpc) is 2.80. The van der Waals surface area contributed by atoms with E-state index >= 15 is 0 Å². The molecule has 22 heavy (non-hydrogen) atoms. The van der Waals surface area contributed by atoms with E-state index in [0.717, 1.165) is 17.7 Å². The summed E-state index contributed by atoms with van der Waals surface area (Å²) in [5.74, 6) is -0.583. The van der Waals surface area contributed by atoms with Crippen molar-refractivity contribution in [2.45, 2.75) is 33.2 Å². The van der Waals surface area contributed by atoms with Crippen molar-refractivity contribution in [2.24, 2.45) is 0 Å². The van der Waals surface area contributed by atoms with Gasteiger partial charge in [-0.3, -0.25) is 0 Å². The molecular formula is C15H20N4O3. The fraction of sp³-hybridized carbons (Fsp3) is 0.400. The first-order chi connectivity index (χ1) is 10.5. The Balaban J connectivity index is 2.40. The lowest BCUT2D eigenvalue weighted by Crippen LogP contribution is -2.23. The van der Waals surface area contributed by atoms with Crippen LogP contribution in [0.4, 0.5) is 5.95 Å². The lowest BCUT2D eigenvalue weighted by atomic mass is 10.1. The standard InChI is InChI=1S/C15H20N4O3/c1-4-10(7-20)18-15-16-6-5-11(19-15)12-8(2)13(14(21)22)17-9(12)3/h5-6,10,17,20H,4,7H2,1-3H3,(H,21,22)(H,16,18,19). The van der Waals surface area contributed by atoms with E-state index in [0.29, 0.717) is 17.2 Å². The summed E-state index contributed by atoms with van der Waals surface area (Å²) < 4.78 is 0. The normalized spacial score (nSPS) is 12.2. The third-order valence-electron chi connectivity index (χ3n) is 3.61. The first-order valence-corrected chi connectivity index (χ1v) is 7.11. The molecule has 118 valence electrons. The summed E-state index contributed by atoms with van der Waals surface area (Å²) in [7, 11) is 0. The summed E-state index contributed by atoms with van der Waals surface area (Å²) in [5, 5.41) is 21.5. The Kier molecular flexibility index (Phi) is 4.77. The van der Waals surface area contributed by atoms with Gasteiger partial charge < -0.3 is 20.5 Å². The van der Waals surface area contributed by atoms with Crippen LogP contribution in [0.15, 0.2) is 12.3 Å². The number of aliphatic hydroxyl groups excluding tert-OH is 1. The number of H-pyrrole nitrogens is 1. The second-order valence-electron chi connectivity index (χ2n) is 5.13. The molecule has 0 aromatic carbocycles. The second kappa shape index (κ2) is 6.57. The van der Waals surface area contributed by atoms with Gasteiger partial charge in [0.25, 0.3) is 0 Å². The Morgan fingerprint density at radius 2 is 2.18 bits per heavy atom. The molecule has 0 radical (unpaired) electrons. The molecule has 0 fully saturated rings. The quantitative estimate of drug-likeness (QED) is 0.649. The SMILES string of the molecule is CCC(CO)Nc1nccc(-c2c(C)[nH]c(C(=O)O)c2C)n1. The maximum atomic E-state index is 11.2. The Bertz CT molecular complexity index is 677. The van der Waals surface area contributed by atoms with Crippen LogP contribution in [0.5, 0.6) is 0 Å². The summed E-state index contributed by atoms with van der Waals surface area (Å²) in [6.07, 6.45) is 2.36. The molecule has 4 N–H and O–H groups in total. The van der Waals surface area contributed by atoms with Crippen molar-refractivity contribution in [1.82, 2.24) is 15.0 Å². The van der Waals surface area contributed by atoms with Crippen LogP contribution in [0.3, 0.4) is 0 Å². The zero-order valence-electron chi connectivity index (χ0n) is 12.8. The Labute approximate surface area is 128 Å². The molecule has 2 rings (SSSR count). The largest absolute Gasteiger partial charge is 0.477 e. The smallest absolute Gasteiger partial charge is 0.352 e. The highest BCUT2D eigenvalue weighted by atomic mass is 16.4. The number of aromatic nitrogens is 3. The number of hydrogen-bond acceptors (Lipinski definition) is 5. The van der Waals surface area contributed by atoms with Gasteiger partial charge >= 0.3 is 5.97 Å². The summed E-state index contributed by atoms with van der Waals surface area (Å²) in [6, 6.07) is 1.62. The predicted molar refractivity (Wildman–Crippen MR) is 83.0 cm³/mol. The van der Waals surface area contributed by atoms with Gasteiger partial charge in [0.15, 0.2) is 0 Å². The van der Waals surface area contributed by atoms with Crippen molar-refractivity contribution in [2.75, 3.05) is 11.9 Å². The monoisotopic (exact) mass is 304 g/mol. The lowest BCUT2D eigenvalue weighted by molar-refractivity contribution is 0.0690. The van der Waals surface area contributed by atoms with E-state index in [9.17, 15) is 15.0 Å². The van der Waals surface area contributed by atoms with Gasteiger partial charge in [-0.05, 0) is 31.9 Å². The van der Waals surface area contributed by atoms with E-state index in [1.165, 1.54) is 0 Å². The maximum absolute atomic E-state index is 11.2. The molecule has 1 unspecified atom stereocenters. The van der Waals surface area contributed by atoms with Crippen LogP contribution in [0.1, 0.15) is 35.1 Å². The van der Waals surface area contributed by atoms with Gasteiger partial charge in [-0.2, -0.15) is 0 Å². The van der Waals surface area contributed by atoms with Crippen molar-refractivity contribution in [1.29, 1.82) is 0 Å². The fourth-order valence-electron chi connectivity index (χ4n) is 2.37. The van der Waals surface area contributed by atoms with Gasteiger partial charge in [0, 0.05) is 17.5 Å². The van der Waals surface area contributed by atoms with Crippen LogP contribution in [0, 0.1) is 13.8 Å². The number of nitrogens with one attached hydrogen (secondary N) is 2. The van der Waals surface area contributed by atoms with Crippen LogP contribution in [-0.2, 0) is 0 Å². The molecule has 0 bridgehead atoms. The summed E-state index contributed by atoms with van der Waals surface area (Å²) in [4.78, 5) is 22.6. The van der Waals surface area contributed by atoms with Gasteiger partial charge in [0.05, 0.1) is 18.3 Å². The van der Waals surface area contributed by atoms with Gasteiger partial charge in [0.1, 0.15) is 5.69 Å². The predicted octanol–water partition coefficient (Wildman–Crippen LogP) is 1.97. The van der Waals surface area contributed by atoms with Crippen molar-refractivity contribution < 1.29 is 15.0 Å². The van der Waals surface area contributed by atoms with Crippen molar-refractivity contribution in [3.05, 3.63) is 29.2 Å². The van der Waals surface area contributed by atoms with E-state index in [4.69, 9.17) is 0 Å². The number of aromatic carboxylic acids is 1. The van der Waals surface area contributed by atoms with Crippen molar-refractivity contribution in [3.8, 4) is 11.3 Å². The minimum atomic E-state index is -0.995. The topological polar surface area (TPSA) is 111 Å². The maximum Gasteiger partial charge on any atom is 0.352 e. The van der Waals surface area contributed by atoms with E-state index < -0.39 is 5.97 Å². The van der Waals surface area contributed by atoms with Gasteiger partial charge in [-0.1, -0.05) is 6.92 Å². The molecule has 0 saturated carbocycles. The highest BCUT2D eigenvalue weighted by Gasteiger charge is 2.19. The zero-order chi connectivity index (χ0) is 16.3. The molecule has 0 spiro atoms. The molecule has 0 saturated heterocycles. The average molecular weight is 304 g/mol. The van der Waals surface area contributed by atoms with Gasteiger partial charge in [-0.25, -0.2) is 14.8 Å². The van der Waals surface area contributed by atoms with E-state index in [2.05, 4.69) is 20.3 Å². The first kappa shape index (κ1) is 16.0. The molecular weight excluding hydrogens is 284 g/mol. The van der Waals surface area contributed by atoms with Crippen LogP contribution >= 0.6 is 0 Å². The van der Waals surface area contributed by atoms with Crippen molar-refractivity contribution >= 4 is 11.9 Å².